The number of fused-ring (bicyclic) bond motifs is 5. The van der Waals surface area contributed by atoms with E-state index < -0.39 is 89.1 Å². The molecule has 17 atom stereocenters. The number of methoxy groups -OCH3 is 2. The van der Waals surface area contributed by atoms with Crippen molar-refractivity contribution in [3.8, 4) is 0 Å². The molecule has 4 fully saturated rings. The largest absolute Gasteiger partial charge is 0.461 e. The lowest BCUT2D eigenvalue weighted by Gasteiger charge is -2.45. The van der Waals surface area contributed by atoms with Crippen molar-refractivity contribution in [1.29, 1.82) is 0 Å². The number of hydrogen-bond donors (Lipinski definition) is 5. The fourth-order valence-electron chi connectivity index (χ4n) is 11.2. The zero-order valence-electron chi connectivity index (χ0n) is 40.5. The molecule has 66 heavy (non-hydrogen) atoms. The van der Waals surface area contributed by atoms with E-state index >= 15 is 0 Å². The molecule has 11 unspecified atom stereocenters. The third kappa shape index (κ3) is 13.9. The highest BCUT2D eigenvalue weighted by Gasteiger charge is 2.54. The molecule has 6 N–H and O–H groups in total. The minimum absolute atomic E-state index is 0.00333. The quantitative estimate of drug-likeness (QED) is 0.0940. The Morgan fingerprint density at radius 2 is 1.64 bits per heavy atom. The number of nitrogens with zero attached hydrogens (tertiary/aromatic N) is 1. The predicted octanol–water partition coefficient (Wildman–Crippen LogP) is 5.66. The first-order valence-electron chi connectivity index (χ1n) is 24.3. The first kappa shape index (κ1) is 54.0. The fraction of sp³-hybridized carbons (Fsp3) is 0.760. The first-order chi connectivity index (χ1) is 31.3. The summed E-state index contributed by atoms with van der Waals surface area (Å²) in [5, 5.41) is 23.4. The van der Waals surface area contributed by atoms with Crippen molar-refractivity contribution < 1.29 is 57.1 Å². The van der Waals surface area contributed by atoms with Crippen LogP contribution in [0.2, 0.25) is 0 Å². The van der Waals surface area contributed by atoms with E-state index in [1.807, 2.05) is 26.0 Å². The van der Waals surface area contributed by atoms with Gasteiger partial charge in [0.1, 0.15) is 24.4 Å². The van der Waals surface area contributed by atoms with E-state index in [4.69, 9.17) is 24.7 Å². The van der Waals surface area contributed by atoms with Gasteiger partial charge in [0.15, 0.2) is 5.78 Å². The molecule has 16 heteroatoms. The van der Waals surface area contributed by atoms with Crippen molar-refractivity contribution in [2.45, 2.75) is 179 Å². The second kappa shape index (κ2) is 24.6. The summed E-state index contributed by atoms with van der Waals surface area (Å²) in [5.41, 5.74) is 7.90. The molecule has 0 aromatic heterocycles. The predicted molar refractivity (Wildman–Crippen MR) is 251 cm³/mol. The number of rotatable bonds is 6. The van der Waals surface area contributed by atoms with Crippen LogP contribution in [0.3, 0.4) is 0 Å². The molecule has 3 saturated heterocycles. The zero-order chi connectivity index (χ0) is 48.5. The van der Waals surface area contributed by atoms with E-state index in [1.165, 1.54) is 12.0 Å². The van der Waals surface area contributed by atoms with Crippen LogP contribution in [0.5, 0.6) is 0 Å². The maximum atomic E-state index is 14.4. The maximum Gasteiger partial charge on any atom is 0.329 e. The van der Waals surface area contributed by atoms with E-state index in [9.17, 15) is 38.2 Å². The zero-order valence-corrected chi connectivity index (χ0v) is 41.3. The van der Waals surface area contributed by atoms with Crippen molar-refractivity contribution in [3.63, 3.8) is 0 Å². The van der Waals surface area contributed by atoms with E-state index in [-0.39, 0.29) is 42.6 Å². The van der Waals surface area contributed by atoms with Crippen LogP contribution in [-0.4, -0.2) is 123 Å². The molecular formula is C50H79N3O12S. The van der Waals surface area contributed by atoms with Gasteiger partial charge in [-0.3, -0.25) is 18.9 Å². The molecule has 5 bridgehead atoms. The number of esters is 1. The van der Waals surface area contributed by atoms with Crippen LogP contribution in [0.1, 0.15) is 125 Å². The molecule has 372 valence electrons. The van der Waals surface area contributed by atoms with Crippen LogP contribution < -0.4 is 10.5 Å². The normalized spacial score (nSPS) is 42.8. The Morgan fingerprint density at radius 3 is 2.33 bits per heavy atom. The Kier molecular flexibility index (Phi) is 20.1. The van der Waals surface area contributed by atoms with E-state index in [2.05, 4.69) is 11.6 Å². The first-order valence-corrected chi connectivity index (χ1v) is 25.4. The van der Waals surface area contributed by atoms with E-state index in [1.54, 1.807) is 52.2 Å². The molecule has 15 nitrogen and oxygen atoms in total. The van der Waals surface area contributed by atoms with Crippen molar-refractivity contribution in [3.05, 3.63) is 47.6 Å². The van der Waals surface area contributed by atoms with Gasteiger partial charge in [-0.25, -0.2) is 13.7 Å². The Balaban J connectivity index is 1.48. The van der Waals surface area contributed by atoms with Crippen molar-refractivity contribution in [1.82, 2.24) is 9.62 Å². The molecule has 4 aliphatic heterocycles. The highest BCUT2D eigenvalue weighted by atomic mass is 32.2. The Bertz CT molecular complexity index is 1840. The number of carbonyl (C=O) groups is 4. The summed E-state index contributed by atoms with van der Waals surface area (Å²) in [4.78, 5) is 58.0. The van der Waals surface area contributed by atoms with Gasteiger partial charge in [-0.05, 0) is 132 Å². The molecule has 5 aliphatic rings. The number of nitrogens with two attached hydrogens (primary N) is 1. The average molecular weight is 946 g/mol. The van der Waals surface area contributed by atoms with Gasteiger partial charge < -0.3 is 39.8 Å². The second-order valence-corrected chi connectivity index (χ2v) is 21.1. The smallest absolute Gasteiger partial charge is 0.329 e. The SMILES string of the molecule is COC1CC(CC2CC3CCN4C(=O)C(=O)C5(O)O[C@@H](CCC5C)CC(NS(=O)O)/C(C)=C/C=C/C=C/[C@@H](C)CC(C)C(=O)[C@H](OC)C(O)/C(C)=C/[C@@H](N)CC[C@@H]2OC(=O)C4C3)CC[C@H]1C. The number of Topliss-reactive ketones (excluding diaryl/α,β-unsaturated/α-hetero) is 2. The summed E-state index contributed by atoms with van der Waals surface area (Å²) in [6, 6.07) is -2.29. The van der Waals surface area contributed by atoms with Gasteiger partial charge in [-0.1, -0.05) is 69.7 Å². The summed E-state index contributed by atoms with van der Waals surface area (Å²) in [5.74, 6) is -5.78. The Morgan fingerprint density at radius 1 is 0.894 bits per heavy atom. The number of amides is 1. The van der Waals surface area contributed by atoms with Crippen LogP contribution in [0.25, 0.3) is 0 Å². The van der Waals surface area contributed by atoms with Gasteiger partial charge in [0, 0.05) is 44.7 Å². The summed E-state index contributed by atoms with van der Waals surface area (Å²) < 4.78 is 48.6. The Labute approximate surface area is 395 Å². The highest BCUT2D eigenvalue weighted by Crippen LogP contribution is 2.42. The lowest BCUT2D eigenvalue weighted by molar-refractivity contribution is -0.264. The maximum absolute atomic E-state index is 14.4. The molecule has 1 aliphatic carbocycles. The number of ketones is 2. The second-order valence-electron chi connectivity index (χ2n) is 20.4. The molecule has 1 amide bonds. The molecule has 0 aromatic carbocycles. The van der Waals surface area contributed by atoms with Crippen LogP contribution in [-0.2, 0) is 49.4 Å². The van der Waals surface area contributed by atoms with Crippen molar-refractivity contribution in [2.75, 3.05) is 20.8 Å². The lowest BCUT2D eigenvalue weighted by Crippen LogP contribution is -2.62. The van der Waals surface area contributed by atoms with Crippen molar-refractivity contribution in [2.24, 2.45) is 47.2 Å². The summed E-state index contributed by atoms with van der Waals surface area (Å²) in [6.45, 7) is 11.3. The van der Waals surface area contributed by atoms with Gasteiger partial charge in [0.2, 0.25) is 17.1 Å². The number of allylic oxidation sites excluding steroid dienone is 5. The minimum atomic E-state index is -2.49. The average Bonchev–Trinajstić information content (AvgIpc) is 3.27. The monoisotopic (exact) mass is 946 g/mol. The number of piperidine rings is 1. The fourth-order valence-corrected chi connectivity index (χ4v) is 11.7. The summed E-state index contributed by atoms with van der Waals surface area (Å²) in [6.07, 6.45) is 15.1. The molecule has 0 radical (unpaired) electrons. The number of nitrogens with one attached hydrogen (secondary N) is 1. The number of aliphatic hydroxyl groups excluding tert-OH is 1. The molecule has 0 aromatic rings. The van der Waals surface area contributed by atoms with E-state index in [0.717, 1.165) is 32.1 Å². The van der Waals surface area contributed by atoms with Crippen LogP contribution >= 0.6 is 0 Å². The van der Waals surface area contributed by atoms with Gasteiger partial charge in [0.05, 0.1) is 12.2 Å². The van der Waals surface area contributed by atoms with Gasteiger partial charge >= 0.3 is 5.97 Å². The number of carbonyl (C=O) groups excluding carboxylic acids is 4. The van der Waals surface area contributed by atoms with Crippen LogP contribution in [0, 0.1) is 41.4 Å². The number of hydrogen-bond acceptors (Lipinski definition) is 12. The topological polar surface area (TPSA) is 224 Å². The molecular weight excluding hydrogens is 867 g/mol. The number of aliphatic hydroxyl groups is 2. The third-order valence-corrected chi connectivity index (χ3v) is 15.9. The Hall–Kier alpha value is -2.93. The summed E-state index contributed by atoms with van der Waals surface area (Å²) >= 11 is -2.41. The van der Waals surface area contributed by atoms with Crippen LogP contribution in [0.15, 0.2) is 47.6 Å². The van der Waals surface area contributed by atoms with Gasteiger partial charge in [-0.2, -0.15) is 0 Å². The number of ether oxygens (including phenoxy) is 4. The van der Waals surface area contributed by atoms with Gasteiger partial charge in [-0.15, -0.1) is 0 Å². The molecule has 1 saturated carbocycles. The molecule has 5 rings (SSSR count). The lowest BCUT2D eigenvalue weighted by atomic mass is 9.72. The van der Waals surface area contributed by atoms with E-state index in [0.29, 0.717) is 67.9 Å². The van der Waals surface area contributed by atoms with Crippen molar-refractivity contribution >= 4 is 34.7 Å². The standard InChI is InChI=1S/C50H79N3O12S/c1-29-12-10-9-11-13-30(2)40(52-66(60)61)28-39-18-15-34(6)50(59,65-39)47(56)48(57)53-21-20-36-25-37(24-35-16-14-31(3)43(27-35)62-7)42(64-49(58)41(53)26-36)19-17-38(51)23-33(5)45(55)46(63-8)44(54)32(4)22-29/h9-13,23,29,31-32,34-43,45-46,52,55,59H,14-22,24-28,51H2,1-8H3,(H,60,61)/b11-9+,12-10+,30-13+,33-23+/t29-,31-,32?,34?,35?,36?,37?,38+,39+,40?,41?,42+,43?,45?,46+,50?/m1/s1. The molecule has 0 spiro atoms. The van der Waals surface area contributed by atoms with Gasteiger partial charge in [0.25, 0.3) is 11.7 Å². The minimum Gasteiger partial charge on any atom is -0.461 e. The third-order valence-electron chi connectivity index (χ3n) is 15.4. The molecule has 4 heterocycles. The van der Waals surface area contributed by atoms with Crippen LogP contribution in [0.4, 0.5) is 0 Å². The summed E-state index contributed by atoms with van der Waals surface area (Å²) in [7, 11) is 3.17. The highest BCUT2D eigenvalue weighted by molar-refractivity contribution is 7.77.